The molecule has 0 aliphatic carbocycles. The molecule has 0 rings (SSSR count). The van der Waals surface area contributed by atoms with Crippen molar-refractivity contribution in [3.63, 3.8) is 0 Å². The van der Waals surface area contributed by atoms with Gasteiger partial charge < -0.3 is 41.7 Å². The summed E-state index contributed by atoms with van der Waals surface area (Å²) in [5.74, 6) is 0. The zero-order valence-corrected chi connectivity index (χ0v) is 10.8. The first-order valence-corrected chi connectivity index (χ1v) is 5.54. The summed E-state index contributed by atoms with van der Waals surface area (Å²) in [6.45, 7) is -1.49. The van der Waals surface area contributed by atoms with Crippen LogP contribution in [0.5, 0.6) is 0 Å². The van der Waals surface area contributed by atoms with Crippen LogP contribution in [0.3, 0.4) is 0 Å². The Kier molecular flexibility index (Phi) is 7.14. The second kappa shape index (κ2) is 8.29. The third-order valence-electron chi connectivity index (χ3n) is 2.46. The Morgan fingerprint density at radius 3 is 0.905 bits per heavy atom. The van der Waals surface area contributed by atoms with E-state index in [0.29, 0.717) is 0 Å². The minimum Gasteiger partial charge on any atom is -0.465 e. The highest BCUT2D eigenvalue weighted by molar-refractivity contribution is 5.67. The SMILES string of the molecule is O=C(O)NCC(CNC(=O)O)(CNC(=O)O)CNC(=O)O. The summed E-state index contributed by atoms with van der Waals surface area (Å²) >= 11 is 0. The molecule has 0 fully saturated rings. The number of nitrogens with one attached hydrogen (secondary N) is 4. The Labute approximate surface area is 118 Å². The molecule has 12 heteroatoms. The lowest BCUT2D eigenvalue weighted by atomic mass is 9.87. The number of rotatable bonds is 8. The van der Waals surface area contributed by atoms with Gasteiger partial charge in [0.25, 0.3) is 0 Å². The average molecular weight is 308 g/mol. The van der Waals surface area contributed by atoms with Crippen LogP contribution in [-0.2, 0) is 0 Å². The molecule has 12 nitrogen and oxygen atoms in total. The fourth-order valence-corrected chi connectivity index (χ4v) is 1.43. The molecule has 21 heavy (non-hydrogen) atoms. The zero-order chi connectivity index (χ0) is 16.5. The molecule has 0 saturated carbocycles. The fraction of sp³-hybridized carbons (Fsp3) is 0.556. The second-order valence-corrected chi connectivity index (χ2v) is 4.13. The first kappa shape index (κ1) is 18.1. The van der Waals surface area contributed by atoms with E-state index in [0.717, 1.165) is 0 Å². The monoisotopic (exact) mass is 308 g/mol. The third kappa shape index (κ3) is 8.74. The van der Waals surface area contributed by atoms with Gasteiger partial charge in [0.2, 0.25) is 0 Å². The van der Waals surface area contributed by atoms with Crippen molar-refractivity contribution in [1.29, 1.82) is 0 Å². The predicted molar refractivity (Wildman–Crippen MR) is 66.5 cm³/mol. The van der Waals surface area contributed by atoms with E-state index in [-0.39, 0.29) is 26.2 Å². The molecule has 0 aliphatic heterocycles. The van der Waals surface area contributed by atoms with Gasteiger partial charge in [-0.05, 0) is 0 Å². The van der Waals surface area contributed by atoms with Gasteiger partial charge in [0, 0.05) is 31.6 Å². The van der Waals surface area contributed by atoms with Crippen molar-refractivity contribution in [2.75, 3.05) is 26.2 Å². The summed E-state index contributed by atoms with van der Waals surface area (Å²) < 4.78 is 0. The summed E-state index contributed by atoms with van der Waals surface area (Å²) in [7, 11) is 0. The van der Waals surface area contributed by atoms with Crippen LogP contribution in [0.1, 0.15) is 0 Å². The van der Waals surface area contributed by atoms with Crippen LogP contribution in [0.2, 0.25) is 0 Å². The largest absolute Gasteiger partial charge is 0.465 e. The van der Waals surface area contributed by atoms with E-state index >= 15 is 0 Å². The lowest BCUT2D eigenvalue weighted by Crippen LogP contribution is -2.56. The van der Waals surface area contributed by atoms with Crippen LogP contribution in [0.4, 0.5) is 19.2 Å². The standard InChI is InChI=1S/C9H16N4O8/c14-5(15)10-1-9(2-11-6(16)17,3-12-7(18)19)4-13-8(20)21/h10-13H,1-4H2,(H,14,15)(H,16,17)(H,18,19)(H,20,21). The Morgan fingerprint density at radius 2 is 0.762 bits per heavy atom. The van der Waals surface area contributed by atoms with Crippen molar-refractivity contribution in [3.8, 4) is 0 Å². The maximum Gasteiger partial charge on any atom is 0.404 e. The topological polar surface area (TPSA) is 197 Å². The quantitative estimate of drug-likeness (QED) is 0.280. The van der Waals surface area contributed by atoms with Crippen LogP contribution in [0.15, 0.2) is 0 Å². The van der Waals surface area contributed by atoms with Crippen molar-refractivity contribution in [2.24, 2.45) is 5.41 Å². The van der Waals surface area contributed by atoms with E-state index < -0.39 is 29.8 Å². The van der Waals surface area contributed by atoms with Gasteiger partial charge in [0.15, 0.2) is 0 Å². The van der Waals surface area contributed by atoms with E-state index in [1.165, 1.54) is 0 Å². The average Bonchev–Trinajstić information content (AvgIpc) is 2.36. The van der Waals surface area contributed by atoms with Gasteiger partial charge >= 0.3 is 24.4 Å². The summed E-state index contributed by atoms with van der Waals surface area (Å²) in [6.07, 6.45) is -5.67. The van der Waals surface area contributed by atoms with Gasteiger partial charge in [-0.1, -0.05) is 0 Å². The molecule has 0 aliphatic rings. The zero-order valence-electron chi connectivity index (χ0n) is 10.8. The highest BCUT2D eigenvalue weighted by Gasteiger charge is 2.32. The normalized spacial score (nSPS) is 10.3. The van der Waals surface area contributed by atoms with E-state index in [2.05, 4.69) is 0 Å². The smallest absolute Gasteiger partial charge is 0.404 e. The number of hydrogen-bond donors (Lipinski definition) is 8. The minimum absolute atomic E-state index is 0.372. The Morgan fingerprint density at radius 1 is 0.571 bits per heavy atom. The lowest BCUT2D eigenvalue weighted by molar-refractivity contribution is 0.160. The van der Waals surface area contributed by atoms with Gasteiger partial charge in [-0.3, -0.25) is 0 Å². The molecular weight excluding hydrogens is 292 g/mol. The lowest BCUT2D eigenvalue weighted by Gasteiger charge is -2.33. The Hall–Kier alpha value is -2.92. The van der Waals surface area contributed by atoms with Crippen LogP contribution in [0.25, 0.3) is 0 Å². The molecule has 0 spiro atoms. The maximum absolute atomic E-state index is 10.5. The minimum atomic E-state index is -1.42. The summed E-state index contributed by atoms with van der Waals surface area (Å²) in [6, 6.07) is 0. The van der Waals surface area contributed by atoms with Crippen LogP contribution < -0.4 is 21.3 Å². The summed E-state index contributed by atoms with van der Waals surface area (Å²) in [4.78, 5) is 42.2. The van der Waals surface area contributed by atoms with E-state index in [1.807, 2.05) is 21.3 Å². The van der Waals surface area contributed by atoms with Crippen molar-refractivity contribution in [3.05, 3.63) is 0 Å². The van der Waals surface area contributed by atoms with Gasteiger partial charge in [-0.2, -0.15) is 0 Å². The highest BCUT2D eigenvalue weighted by atomic mass is 16.4. The maximum atomic E-state index is 10.5. The molecule has 0 radical (unpaired) electrons. The van der Waals surface area contributed by atoms with Crippen molar-refractivity contribution >= 4 is 24.4 Å². The number of carboxylic acid groups (broad SMARTS) is 4. The molecule has 0 bridgehead atoms. The van der Waals surface area contributed by atoms with Crippen LogP contribution in [0, 0.1) is 5.41 Å². The number of carbonyl (C=O) groups is 4. The van der Waals surface area contributed by atoms with E-state index in [1.54, 1.807) is 0 Å². The molecule has 0 aromatic carbocycles. The van der Waals surface area contributed by atoms with Gasteiger partial charge in [0.05, 0.1) is 0 Å². The Balaban J connectivity index is 5.02. The second-order valence-electron chi connectivity index (χ2n) is 4.13. The van der Waals surface area contributed by atoms with Crippen LogP contribution >= 0.6 is 0 Å². The molecule has 0 heterocycles. The Bertz CT molecular complexity index is 335. The van der Waals surface area contributed by atoms with E-state index in [9.17, 15) is 19.2 Å². The first-order valence-electron chi connectivity index (χ1n) is 5.54. The molecule has 0 atom stereocenters. The molecular formula is C9H16N4O8. The molecule has 120 valence electrons. The van der Waals surface area contributed by atoms with Gasteiger partial charge in [-0.25, -0.2) is 19.2 Å². The summed E-state index contributed by atoms with van der Waals surface area (Å²) in [5.41, 5.74) is -1.34. The number of hydrogen-bond acceptors (Lipinski definition) is 4. The van der Waals surface area contributed by atoms with Gasteiger partial charge in [-0.15, -0.1) is 0 Å². The van der Waals surface area contributed by atoms with Crippen molar-refractivity contribution in [2.45, 2.75) is 0 Å². The predicted octanol–water partition coefficient (Wildman–Crippen LogP) is -0.957. The van der Waals surface area contributed by atoms with Crippen LogP contribution in [-0.4, -0.2) is 71.0 Å². The highest BCUT2D eigenvalue weighted by Crippen LogP contribution is 2.13. The molecule has 0 aromatic heterocycles. The number of amides is 4. The molecule has 0 saturated heterocycles. The van der Waals surface area contributed by atoms with Gasteiger partial charge in [0.1, 0.15) is 0 Å². The molecule has 8 N–H and O–H groups in total. The van der Waals surface area contributed by atoms with E-state index in [4.69, 9.17) is 20.4 Å². The van der Waals surface area contributed by atoms with Crippen molar-refractivity contribution in [1.82, 2.24) is 21.3 Å². The summed E-state index contributed by atoms with van der Waals surface area (Å²) in [5, 5.41) is 42.3. The fourth-order valence-electron chi connectivity index (χ4n) is 1.43. The molecule has 0 unspecified atom stereocenters. The van der Waals surface area contributed by atoms with Crippen molar-refractivity contribution < 1.29 is 39.6 Å². The first-order chi connectivity index (χ1) is 9.67. The molecule has 4 amide bonds. The third-order valence-corrected chi connectivity index (χ3v) is 2.46. The molecule has 0 aromatic rings.